The van der Waals surface area contributed by atoms with Crippen molar-refractivity contribution >= 4 is 34.8 Å². The second-order valence-electron chi connectivity index (χ2n) is 6.15. The lowest BCUT2D eigenvalue weighted by atomic mass is 10.2. The Hall–Kier alpha value is -2.67. The molecule has 2 heterocycles. The summed E-state index contributed by atoms with van der Waals surface area (Å²) in [6, 6.07) is 5.49. The van der Waals surface area contributed by atoms with E-state index in [0.29, 0.717) is 17.1 Å². The summed E-state index contributed by atoms with van der Waals surface area (Å²) in [7, 11) is 0. The van der Waals surface area contributed by atoms with Gasteiger partial charge in [-0.3, -0.25) is 0 Å². The third kappa shape index (κ3) is 2.80. The number of halogens is 2. The molecule has 0 saturated heterocycles. The van der Waals surface area contributed by atoms with Crippen LogP contribution in [0.4, 0.5) is 20.7 Å². The number of amides is 1. The van der Waals surface area contributed by atoms with Crippen LogP contribution in [0, 0.1) is 12.7 Å². The summed E-state index contributed by atoms with van der Waals surface area (Å²) in [6.45, 7) is 1.70. The van der Waals surface area contributed by atoms with E-state index in [1.807, 2.05) is 0 Å². The molecule has 0 spiro atoms. The van der Waals surface area contributed by atoms with Crippen molar-refractivity contribution in [1.29, 1.82) is 0 Å². The molecule has 1 saturated carbocycles. The van der Waals surface area contributed by atoms with Gasteiger partial charge >= 0.3 is 6.09 Å². The molecule has 1 amide bonds. The average molecular weight is 361 g/mol. The normalized spacial score (nSPS) is 14.0. The van der Waals surface area contributed by atoms with Gasteiger partial charge in [-0.2, -0.15) is 9.61 Å². The Bertz CT molecular complexity index is 979. The van der Waals surface area contributed by atoms with E-state index in [1.165, 1.54) is 16.6 Å². The minimum atomic E-state index is -1.27. The van der Waals surface area contributed by atoms with Crippen molar-refractivity contribution < 1.29 is 14.3 Å². The van der Waals surface area contributed by atoms with Gasteiger partial charge in [0.2, 0.25) is 0 Å². The Morgan fingerprint density at radius 1 is 1.36 bits per heavy atom. The minimum absolute atomic E-state index is 0.157. The molecule has 0 atom stereocenters. The van der Waals surface area contributed by atoms with Crippen LogP contribution in [0.25, 0.3) is 5.65 Å². The molecule has 1 aliphatic carbocycles. The van der Waals surface area contributed by atoms with Crippen molar-refractivity contribution in [3.8, 4) is 0 Å². The van der Waals surface area contributed by atoms with E-state index in [9.17, 15) is 14.3 Å². The number of fused-ring (bicyclic) bond motifs is 1. The van der Waals surface area contributed by atoms with E-state index >= 15 is 0 Å². The number of anilines is 2. The quantitative estimate of drug-likeness (QED) is 0.697. The van der Waals surface area contributed by atoms with Crippen molar-refractivity contribution in [1.82, 2.24) is 14.6 Å². The molecule has 1 N–H and O–H groups in total. The van der Waals surface area contributed by atoms with Gasteiger partial charge in [-0.1, -0.05) is 11.6 Å². The van der Waals surface area contributed by atoms with Gasteiger partial charge in [-0.05, 0) is 49.4 Å². The van der Waals surface area contributed by atoms with Crippen LogP contribution in [-0.2, 0) is 0 Å². The fraction of sp³-hybridized carbons (Fsp3) is 0.235. The lowest BCUT2D eigenvalue weighted by Crippen LogP contribution is -2.26. The highest BCUT2D eigenvalue weighted by Gasteiger charge is 2.30. The molecule has 0 radical (unpaired) electrons. The number of hydrogen-bond donors (Lipinski definition) is 1. The summed E-state index contributed by atoms with van der Waals surface area (Å²) in [6.07, 6.45) is 2.53. The fourth-order valence-corrected chi connectivity index (χ4v) is 3.14. The molecule has 0 unspecified atom stereocenters. The minimum Gasteiger partial charge on any atom is -0.464 e. The summed E-state index contributed by atoms with van der Waals surface area (Å²) >= 11 is 6.13. The SMILES string of the molecule is Cc1cc(F)cc(N(C(=O)O)c2cc(Cl)nc3c(C4CC4)cnn23)c1. The first-order chi connectivity index (χ1) is 11.9. The zero-order valence-electron chi connectivity index (χ0n) is 13.3. The van der Waals surface area contributed by atoms with Crippen LogP contribution in [0.1, 0.15) is 29.9 Å². The van der Waals surface area contributed by atoms with Gasteiger partial charge in [0, 0.05) is 11.6 Å². The van der Waals surface area contributed by atoms with Crippen LogP contribution in [0.15, 0.2) is 30.5 Å². The second kappa shape index (κ2) is 5.70. The molecular weight excluding hydrogens is 347 g/mol. The number of nitrogens with zero attached hydrogens (tertiary/aromatic N) is 4. The first kappa shape index (κ1) is 15.8. The Morgan fingerprint density at radius 2 is 2.12 bits per heavy atom. The van der Waals surface area contributed by atoms with E-state index in [4.69, 9.17) is 11.6 Å². The van der Waals surface area contributed by atoms with Crippen LogP contribution in [0.2, 0.25) is 5.15 Å². The van der Waals surface area contributed by atoms with Gasteiger partial charge in [-0.15, -0.1) is 0 Å². The van der Waals surface area contributed by atoms with Crippen LogP contribution in [0.5, 0.6) is 0 Å². The smallest absolute Gasteiger partial charge is 0.417 e. The van der Waals surface area contributed by atoms with Crippen LogP contribution in [-0.4, -0.2) is 25.8 Å². The first-order valence-corrected chi connectivity index (χ1v) is 8.16. The standard InChI is InChI=1S/C17H14ClFN4O2/c1-9-4-11(19)6-12(5-9)22(17(24)25)15-7-14(18)21-16-13(10-2-3-10)8-20-23(15)16/h4-8,10H,2-3H2,1H3,(H,24,25). The molecule has 1 aliphatic rings. The van der Waals surface area contributed by atoms with Crippen molar-refractivity contribution in [2.75, 3.05) is 4.90 Å². The largest absolute Gasteiger partial charge is 0.464 e. The summed E-state index contributed by atoms with van der Waals surface area (Å²) < 4.78 is 15.2. The Balaban J connectivity index is 1.94. The Morgan fingerprint density at radius 3 is 2.76 bits per heavy atom. The van der Waals surface area contributed by atoms with E-state index in [0.717, 1.165) is 29.4 Å². The lowest BCUT2D eigenvalue weighted by Gasteiger charge is -2.20. The van der Waals surface area contributed by atoms with Crippen molar-refractivity contribution in [2.24, 2.45) is 0 Å². The molecule has 25 heavy (non-hydrogen) atoms. The number of aromatic nitrogens is 3. The summed E-state index contributed by atoms with van der Waals surface area (Å²) in [5.41, 5.74) is 2.27. The maximum Gasteiger partial charge on any atom is 0.417 e. The van der Waals surface area contributed by atoms with Gasteiger partial charge in [0.1, 0.15) is 16.8 Å². The maximum atomic E-state index is 13.8. The van der Waals surface area contributed by atoms with Gasteiger partial charge in [0.15, 0.2) is 5.65 Å². The Labute approximate surface area is 147 Å². The number of rotatable bonds is 3. The number of carbonyl (C=O) groups is 1. The van der Waals surface area contributed by atoms with Crippen LogP contribution >= 0.6 is 11.6 Å². The van der Waals surface area contributed by atoms with E-state index in [-0.39, 0.29) is 16.7 Å². The summed E-state index contributed by atoms with van der Waals surface area (Å²) in [5, 5.41) is 14.2. The number of carboxylic acid groups (broad SMARTS) is 1. The topological polar surface area (TPSA) is 70.7 Å². The monoisotopic (exact) mass is 360 g/mol. The summed E-state index contributed by atoms with van der Waals surface area (Å²) in [5.74, 6) is 0.0576. The van der Waals surface area contributed by atoms with Crippen LogP contribution in [0.3, 0.4) is 0 Å². The van der Waals surface area contributed by atoms with Crippen molar-refractivity contribution in [2.45, 2.75) is 25.7 Å². The third-order valence-corrected chi connectivity index (χ3v) is 4.37. The predicted octanol–water partition coefficient (Wildman–Crippen LogP) is 4.52. The van der Waals surface area contributed by atoms with Crippen molar-refractivity contribution in [3.05, 3.63) is 52.6 Å². The maximum absolute atomic E-state index is 13.8. The zero-order chi connectivity index (χ0) is 17.7. The highest BCUT2D eigenvalue weighted by atomic mass is 35.5. The molecule has 8 heteroatoms. The second-order valence-corrected chi connectivity index (χ2v) is 6.54. The lowest BCUT2D eigenvalue weighted by molar-refractivity contribution is 0.204. The molecule has 4 rings (SSSR count). The zero-order valence-corrected chi connectivity index (χ0v) is 14.0. The van der Waals surface area contributed by atoms with E-state index < -0.39 is 11.9 Å². The third-order valence-electron chi connectivity index (χ3n) is 4.17. The number of hydrogen-bond acceptors (Lipinski definition) is 3. The number of benzene rings is 1. The van der Waals surface area contributed by atoms with E-state index in [1.54, 1.807) is 19.2 Å². The highest BCUT2D eigenvalue weighted by molar-refractivity contribution is 6.29. The van der Waals surface area contributed by atoms with Gasteiger partial charge < -0.3 is 5.11 Å². The molecule has 6 nitrogen and oxygen atoms in total. The molecular formula is C17H14ClFN4O2. The molecule has 2 aromatic heterocycles. The highest BCUT2D eigenvalue weighted by Crippen LogP contribution is 2.42. The molecule has 0 aliphatic heterocycles. The molecule has 0 bridgehead atoms. The van der Waals surface area contributed by atoms with E-state index in [2.05, 4.69) is 10.1 Å². The predicted molar refractivity (Wildman–Crippen MR) is 91.3 cm³/mol. The first-order valence-electron chi connectivity index (χ1n) is 7.78. The fourth-order valence-electron chi connectivity index (χ4n) is 2.96. The average Bonchev–Trinajstić information content (AvgIpc) is 3.26. The van der Waals surface area contributed by atoms with Gasteiger partial charge in [0.25, 0.3) is 0 Å². The summed E-state index contributed by atoms with van der Waals surface area (Å²) in [4.78, 5) is 17.2. The van der Waals surface area contributed by atoms with Crippen molar-refractivity contribution in [3.63, 3.8) is 0 Å². The molecule has 3 aromatic rings. The van der Waals surface area contributed by atoms with Gasteiger partial charge in [-0.25, -0.2) is 19.1 Å². The molecule has 128 valence electrons. The Kier molecular flexibility index (Phi) is 3.61. The van der Waals surface area contributed by atoms with Crippen LogP contribution < -0.4 is 4.90 Å². The molecule has 1 fully saturated rings. The van der Waals surface area contributed by atoms with Gasteiger partial charge in [0.05, 0.1) is 11.9 Å². The number of aryl methyl sites for hydroxylation is 1. The molecule has 1 aromatic carbocycles.